The van der Waals surface area contributed by atoms with Crippen LogP contribution >= 0.6 is 11.6 Å². The molecule has 0 saturated heterocycles. The van der Waals surface area contributed by atoms with Gasteiger partial charge in [0.1, 0.15) is 5.69 Å². The summed E-state index contributed by atoms with van der Waals surface area (Å²) < 4.78 is 0. The Morgan fingerprint density at radius 1 is 1.04 bits per heavy atom. The van der Waals surface area contributed by atoms with E-state index in [1.54, 1.807) is 30.3 Å². The molecule has 0 aliphatic rings. The van der Waals surface area contributed by atoms with Gasteiger partial charge in [0.25, 0.3) is 5.91 Å². The van der Waals surface area contributed by atoms with Crippen molar-refractivity contribution in [2.45, 2.75) is 26.7 Å². The Labute approximate surface area is 163 Å². The van der Waals surface area contributed by atoms with Gasteiger partial charge in [-0.15, -0.1) is 0 Å². The second-order valence-electron chi connectivity index (χ2n) is 6.55. The topological polar surface area (TPSA) is 66.9 Å². The van der Waals surface area contributed by atoms with Gasteiger partial charge in [-0.25, -0.2) is 9.97 Å². The highest BCUT2D eigenvalue weighted by atomic mass is 35.5. The van der Waals surface area contributed by atoms with Crippen molar-refractivity contribution in [2.75, 3.05) is 10.6 Å². The Morgan fingerprint density at radius 2 is 1.74 bits per heavy atom. The van der Waals surface area contributed by atoms with Crippen LogP contribution in [0.15, 0.2) is 54.6 Å². The Kier molecular flexibility index (Phi) is 5.72. The van der Waals surface area contributed by atoms with Crippen molar-refractivity contribution < 1.29 is 4.79 Å². The first-order chi connectivity index (χ1) is 12.9. The molecule has 0 aliphatic heterocycles. The summed E-state index contributed by atoms with van der Waals surface area (Å²) in [5, 5.41) is 6.40. The number of nitrogens with one attached hydrogen (secondary N) is 2. The number of halogens is 1. The van der Waals surface area contributed by atoms with E-state index in [2.05, 4.69) is 46.6 Å². The molecule has 6 heteroatoms. The molecule has 3 aromatic rings. The third-order valence-electron chi connectivity index (χ3n) is 4.04. The number of aromatic nitrogens is 2. The second kappa shape index (κ2) is 8.18. The number of anilines is 3. The normalized spacial score (nSPS) is 10.7. The number of amides is 1. The number of para-hydroxylation sites is 1. The number of carbonyl (C=O) groups excluding carboxylic acids is 1. The molecule has 1 amide bonds. The number of hydrogen-bond donors (Lipinski definition) is 2. The molecular formula is C21H21ClN4O. The van der Waals surface area contributed by atoms with Gasteiger partial charge in [0.2, 0.25) is 5.95 Å². The fourth-order valence-corrected chi connectivity index (χ4v) is 2.75. The molecule has 0 spiro atoms. The van der Waals surface area contributed by atoms with Gasteiger partial charge in [-0.05, 0) is 48.7 Å². The lowest BCUT2D eigenvalue weighted by Crippen LogP contribution is -2.15. The fourth-order valence-electron chi connectivity index (χ4n) is 2.57. The average Bonchev–Trinajstić information content (AvgIpc) is 2.63. The predicted molar refractivity (Wildman–Crippen MR) is 110 cm³/mol. The molecule has 0 bridgehead atoms. The number of hydrogen-bond acceptors (Lipinski definition) is 4. The van der Waals surface area contributed by atoms with E-state index in [0.29, 0.717) is 28.3 Å². The molecule has 1 heterocycles. The molecule has 2 aromatic carbocycles. The number of carbonyl (C=O) groups is 1. The van der Waals surface area contributed by atoms with E-state index in [-0.39, 0.29) is 11.6 Å². The lowest BCUT2D eigenvalue weighted by Gasteiger charge is -2.11. The van der Waals surface area contributed by atoms with Crippen molar-refractivity contribution >= 4 is 34.8 Å². The Morgan fingerprint density at radius 3 is 2.41 bits per heavy atom. The SMILES string of the molecule is Cc1cc(C(=O)Nc2ccccc2Cl)nc(Nc2ccc(C(C)C)cc2)n1. The van der Waals surface area contributed by atoms with Crippen molar-refractivity contribution in [2.24, 2.45) is 0 Å². The van der Waals surface area contributed by atoms with E-state index in [1.165, 1.54) is 5.56 Å². The molecule has 0 fully saturated rings. The summed E-state index contributed by atoms with van der Waals surface area (Å²) in [6, 6.07) is 16.8. The highest BCUT2D eigenvalue weighted by Crippen LogP contribution is 2.22. The van der Waals surface area contributed by atoms with E-state index in [0.717, 1.165) is 5.69 Å². The van der Waals surface area contributed by atoms with Crippen LogP contribution in [0.1, 0.15) is 41.5 Å². The Bertz CT molecular complexity index is 955. The first-order valence-corrected chi connectivity index (χ1v) is 9.08. The Hall–Kier alpha value is -2.92. The minimum absolute atomic E-state index is 0.267. The maximum absolute atomic E-state index is 12.6. The summed E-state index contributed by atoms with van der Waals surface area (Å²) in [7, 11) is 0. The van der Waals surface area contributed by atoms with Crippen LogP contribution in [0, 0.1) is 6.92 Å². The van der Waals surface area contributed by atoms with E-state index in [1.807, 2.05) is 19.1 Å². The zero-order valence-corrected chi connectivity index (χ0v) is 16.2. The van der Waals surface area contributed by atoms with Crippen LogP contribution in [-0.2, 0) is 0 Å². The summed E-state index contributed by atoms with van der Waals surface area (Å²) >= 11 is 6.10. The molecule has 0 unspecified atom stereocenters. The number of rotatable bonds is 5. The summed E-state index contributed by atoms with van der Waals surface area (Å²) in [6.07, 6.45) is 0. The largest absolute Gasteiger partial charge is 0.324 e. The van der Waals surface area contributed by atoms with Crippen molar-refractivity contribution in [3.05, 3.63) is 76.6 Å². The van der Waals surface area contributed by atoms with Gasteiger partial charge in [-0.2, -0.15) is 0 Å². The Balaban J connectivity index is 1.79. The van der Waals surface area contributed by atoms with Crippen molar-refractivity contribution in [3.63, 3.8) is 0 Å². The smallest absolute Gasteiger partial charge is 0.274 e. The van der Waals surface area contributed by atoms with E-state index in [4.69, 9.17) is 11.6 Å². The van der Waals surface area contributed by atoms with Crippen LogP contribution in [-0.4, -0.2) is 15.9 Å². The van der Waals surface area contributed by atoms with Gasteiger partial charge < -0.3 is 10.6 Å². The first-order valence-electron chi connectivity index (χ1n) is 8.71. The minimum atomic E-state index is -0.341. The molecule has 0 atom stereocenters. The molecule has 3 rings (SSSR count). The molecule has 2 N–H and O–H groups in total. The van der Waals surface area contributed by atoms with Gasteiger partial charge in [0, 0.05) is 11.4 Å². The molecular weight excluding hydrogens is 360 g/mol. The third kappa shape index (κ3) is 4.83. The highest BCUT2D eigenvalue weighted by molar-refractivity contribution is 6.33. The standard InChI is InChI=1S/C21H21ClN4O/c1-13(2)15-8-10-16(11-9-15)24-21-23-14(3)12-19(26-21)20(27)25-18-7-5-4-6-17(18)22/h4-13H,1-3H3,(H,25,27)(H,23,24,26). The zero-order chi connectivity index (χ0) is 19.4. The van der Waals surface area contributed by atoms with Crippen LogP contribution in [0.25, 0.3) is 0 Å². The first kappa shape index (κ1) is 18.9. The predicted octanol–water partition coefficient (Wildman–Crippen LogP) is 5.56. The van der Waals surface area contributed by atoms with Gasteiger partial charge in [-0.3, -0.25) is 4.79 Å². The van der Waals surface area contributed by atoms with Crippen molar-refractivity contribution in [1.29, 1.82) is 0 Å². The van der Waals surface area contributed by atoms with Crippen LogP contribution in [0.4, 0.5) is 17.3 Å². The molecule has 138 valence electrons. The maximum atomic E-state index is 12.6. The lowest BCUT2D eigenvalue weighted by molar-refractivity contribution is 0.102. The molecule has 0 aliphatic carbocycles. The molecule has 0 saturated carbocycles. The summed E-state index contributed by atoms with van der Waals surface area (Å²) in [5.74, 6) is 0.498. The van der Waals surface area contributed by atoms with E-state index >= 15 is 0 Å². The minimum Gasteiger partial charge on any atom is -0.324 e. The zero-order valence-electron chi connectivity index (χ0n) is 15.5. The second-order valence-corrected chi connectivity index (χ2v) is 6.96. The maximum Gasteiger partial charge on any atom is 0.274 e. The monoisotopic (exact) mass is 380 g/mol. The van der Waals surface area contributed by atoms with Crippen LogP contribution in [0.3, 0.4) is 0 Å². The quantitative estimate of drug-likeness (QED) is 0.608. The van der Waals surface area contributed by atoms with Crippen molar-refractivity contribution in [3.8, 4) is 0 Å². The molecule has 5 nitrogen and oxygen atoms in total. The van der Waals surface area contributed by atoms with Gasteiger partial charge in [0.15, 0.2) is 0 Å². The average molecular weight is 381 g/mol. The van der Waals surface area contributed by atoms with Crippen LogP contribution in [0.2, 0.25) is 5.02 Å². The summed E-state index contributed by atoms with van der Waals surface area (Å²) in [4.78, 5) is 21.3. The molecule has 0 radical (unpaired) electrons. The molecule has 1 aromatic heterocycles. The van der Waals surface area contributed by atoms with E-state index in [9.17, 15) is 4.79 Å². The number of benzene rings is 2. The van der Waals surface area contributed by atoms with Crippen LogP contribution in [0.5, 0.6) is 0 Å². The van der Waals surface area contributed by atoms with Gasteiger partial charge in [-0.1, -0.05) is 49.7 Å². The summed E-state index contributed by atoms with van der Waals surface area (Å²) in [6.45, 7) is 6.12. The molecule has 27 heavy (non-hydrogen) atoms. The highest BCUT2D eigenvalue weighted by Gasteiger charge is 2.12. The lowest BCUT2D eigenvalue weighted by atomic mass is 10.0. The van der Waals surface area contributed by atoms with E-state index < -0.39 is 0 Å². The van der Waals surface area contributed by atoms with Gasteiger partial charge >= 0.3 is 0 Å². The third-order valence-corrected chi connectivity index (χ3v) is 4.37. The number of aryl methyl sites for hydroxylation is 1. The van der Waals surface area contributed by atoms with Crippen LogP contribution < -0.4 is 10.6 Å². The van der Waals surface area contributed by atoms with Gasteiger partial charge in [0.05, 0.1) is 10.7 Å². The number of nitrogens with zero attached hydrogens (tertiary/aromatic N) is 2. The summed E-state index contributed by atoms with van der Waals surface area (Å²) in [5.41, 5.74) is 3.62. The van der Waals surface area contributed by atoms with Crippen molar-refractivity contribution in [1.82, 2.24) is 9.97 Å². The fraction of sp³-hybridized carbons (Fsp3) is 0.190.